The highest BCUT2D eigenvalue weighted by Crippen LogP contribution is 2.28. The molecule has 1 aromatic carbocycles. The number of nitrogens with zero attached hydrogens (tertiary/aromatic N) is 4. The predicted octanol–water partition coefficient (Wildman–Crippen LogP) is 4.32. The van der Waals surface area contributed by atoms with Crippen molar-refractivity contribution < 1.29 is 19.1 Å². The zero-order chi connectivity index (χ0) is 23.4. The fourth-order valence-electron chi connectivity index (χ4n) is 3.48. The number of benzene rings is 1. The second-order valence-electron chi connectivity index (χ2n) is 8.13. The molecule has 2 heterocycles. The average molecular weight is 669 g/mol. The number of hydrogen-bond donors (Lipinski definition) is 2. The SMILES string of the molecule is Cc1cc(CN2CCN(C(=O)OC(C)C)[C@@H](I)C2)c(C)c(Nc2nnc([C@@H](O)CI)o2)c1. The normalized spacial score (nSPS) is 18.1. The van der Waals surface area contributed by atoms with E-state index in [0.717, 1.165) is 36.4 Å². The van der Waals surface area contributed by atoms with Gasteiger partial charge in [-0.3, -0.25) is 9.80 Å². The van der Waals surface area contributed by atoms with Gasteiger partial charge in [-0.1, -0.05) is 56.3 Å². The molecule has 1 aliphatic rings. The van der Waals surface area contributed by atoms with Gasteiger partial charge in [0.15, 0.2) is 0 Å². The maximum atomic E-state index is 12.3. The van der Waals surface area contributed by atoms with Crippen LogP contribution in [0.2, 0.25) is 0 Å². The van der Waals surface area contributed by atoms with Crippen molar-refractivity contribution in [3.63, 3.8) is 0 Å². The van der Waals surface area contributed by atoms with E-state index in [9.17, 15) is 9.90 Å². The largest absolute Gasteiger partial charge is 0.447 e. The highest BCUT2D eigenvalue weighted by molar-refractivity contribution is 14.1. The van der Waals surface area contributed by atoms with Gasteiger partial charge in [0.2, 0.25) is 5.89 Å². The quantitative estimate of drug-likeness (QED) is 0.256. The summed E-state index contributed by atoms with van der Waals surface area (Å²) in [5, 5.41) is 21.0. The number of alkyl halides is 2. The molecule has 9 nitrogen and oxygen atoms in total. The number of carbonyl (C=O) groups is 1. The van der Waals surface area contributed by atoms with E-state index in [4.69, 9.17) is 9.15 Å². The molecule has 1 amide bonds. The molecule has 1 saturated heterocycles. The van der Waals surface area contributed by atoms with Crippen molar-refractivity contribution in [3.8, 4) is 0 Å². The first-order valence-corrected chi connectivity index (χ1v) is 13.2. The summed E-state index contributed by atoms with van der Waals surface area (Å²) in [5.74, 6) is 0.203. The van der Waals surface area contributed by atoms with Gasteiger partial charge in [0.1, 0.15) is 6.10 Å². The van der Waals surface area contributed by atoms with Crippen LogP contribution in [0, 0.1) is 13.8 Å². The van der Waals surface area contributed by atoms with Crippen molar-refractivity contribution in [2.45, 2.75) is 50.5 Å². The van der Waals surface area contributed by atoms with E-state index >= 15 is 0 Å². The molecule has 2 atom stereocenters. The molecule has 1 aliphatic heterocycles. The van der Waals surface area contributed by atoms with Gasteiger partial charge >= 0.3 is 12.1 Å². The van der Waals surface area contributed by atoms with E-state index in [0.29, 0.717) is 11.0 Å². The minimum absolute atomic E-state index is 0.0523. The molecule has 0 saturated carbocycles. The second-order valence-corrected chi connectivity index (χ2v) is 10.5. The Morgan fingerprint density at radius 2 is 2.09 bits per heavy atom. The first-order chi connectivity index (χ1) is 15.2. The molecule has 0 aliphatic carbocycles. The summed E-state index contributed by atoms with van der Waals surface area (Å²) in [4.78, 5) is 16.4. The zero-order valence-corrected chi connectivity index (χ0v) is 23.0. The lowest BCUT2D eigenvalue weighted by atomic mass is 10.0. The number of ether oxygens (including phenoxy) is 1. The van der Waals surface area contributed by atoms with Crippen molar-refractivity contribution in [2.24, 2.45) is 0 Å². The Kier molecular flexibility index (Phi) is 8.97. The monoisotopic (exact) mass is 669 g/mol. The van der Waals surface area contributed by atoms with Crippen LogP contribution in [-0.4, -0.2) is 65.4 Å². The highest BCUT2D eigenvalue weighted by atomic mass is 127. The van der Waals surface area contributed by atoms with E-state index in [1.807, 2.05) is 26.8 Å². The molecule has 3 rings (SSSR count). The van der Waals surface area contributed by atoms with E-state index in [1.165, 1.54) is 5.56 Å². The molecule has 0 spiro atoms. The number of piperazine rings is 1. The van der Waals surface area contributed by atoms with Gasteiger partial charge in [-0.05, 0) is 50.5 Å². The number of rotatable bonds is 7. The van der Waals surface area contributed by atoms with E-state index in [-0.39, 0.29) is 28.2 Å². The van der Waals surface area contributed by atoms with Crippen LogP contribution < -0.4 is 5.32 Å². The summed E-state index contributed by atoms with van der Waals surface area (Å²) in [7, 11) is 0. The number of amides is 1. The lowest BCUT2D eigenvalue weighted by Crippen LogP contribution is -2.52. The topological polar surface area (TPSA) is 104 Å². The lowest BCUT2D eigenvalue weighted by molar-refractivity contribution is 0.0523. The fourth-order valence-corrected chi connectivity index (χ4v) is 4.92. The van der Waals surface area contributed by atoms with Crippen LogP contribution in [0.25, 0.3) is 0 Å². The van der Waals surface area contributed by atoms with Crippen LogP contribution in [0.15, 0.2) is 16.5 Å². The Morgan fingerprint density at radius 3 is 2.75 bits per heavy atom. The minimum Gasteiger partial charge on any atom is -0.447 e. The maximum Gasteiger partial charge on any atom is 0.410 e. The first-order valence-electron chi connectivity index (χ1n) is 10.5. The van der Waals surface area contributed by atoms with E-state index < -0.39 is 6.10 Å². The number of aromatic nitrogens is 2. The van der Waals surface area contributed by atoms with Crippen LogP contribution in [0.5, 0.6) is 0 Å². The third kappa shape index (κ3) is 6.44. The van der Waals surface area contributed by atoms with Crippen LogP contribution >= 0.6 is 45.2 Å². The Hall–Kier alpha value is -1.19. The first kappa shape index (κ1) is 25.4. The van der Waals surface area contributed by atoms with Crippen molar-refractivity contribution >= 4 is 63.0 Å². The van der Waals surface area contributed by atoms with Gasteiger partial charge in [0.25, 0.3) is 0 Å². The highest BCUT2D eigenvalue weighted by Gasteiger charge is 2.30. The predicted molar refractivity (Wildman–Crippen MR) is 139 cm³/mol. The molecule has 2 aromatic rings. The molecule has 0 bridgehead atoms. The second kappa shape index (κ2) is 11.3. The van der Waals surface area contributed by atoms with E-state index in [1.54, 1.807) is 4.90 Å². The molecule has 0 unspecified atom stereocenters. The van der Waals surface area contributed by atoms with Gasteiger partial charge < -0.3 is 19.6 Å². The number of anilines is 2. The molecular weight excluding hydrogens is 640 g/mol. The van der Waals surface area contributed by atoms with Gasteiger partial charge in [-0.2, -0.15) is 0 Å². The fraction of sp³-hybridized carbons (Fsp3) is 0.571. The van der Waals surface area contributed by atoms with Crippen LogP contribution in [0.3, 0.4) is 0 Å². The van der Waals surface area contributed by atoms with Gasteiger partial charge in [0.05, 0.1) is 10.2 Å². The summed E-state index contributed by atoms with van der Waals surface area (Å²) in [6, 6.07) is 4.48. The smallest absolute Gasteiger partial charge is 0.410 e. The number of nitrogens with one attached hydrogen (secondary N) is 1. The minimum atomic E-state index is -0.773. The Bertz CT molecular complexity index is 939. The van der Waals surface area contributed by atoms with Crippen LogP contribution in [0.4, 0.5) is 16.5 Å². The van der Waals surface area contributed by atoms with Crippen LogP contribution in [-0.2, 0) is 11.3 Å². The standard InChI is InChI=1S/C21H29I2N5O4/c1-12(2)31-21(30)28-6-5-27(11-18(28)23)10-15-7-13(3)8-16(14(15)4)24-20-26-25-19(32-20)17(29)9-22/h7-8,12,17-18,29H,5-6,9-11H2,1-4H3,(H,24,26)/t17-,18+/m0/s1. The van der Waals surface area contributed by atoms with Gasteiger partial charge in [0, 0.05) is 36.3 Å². The molecule has 1 aromatic heterocycles. The van der Waals surface area contributed by atoms with Crippen molar-refractivity contribution in [2.75, 3.05) is 29.4 Å². The third-order valence-corrected chi connectivity index (χ3v) is 7.04. The Morgan fingerprint density at radius 1 is 1.34 bits per heavy atom. The number of aryl methyl sites for hydroxylation is 1. The molecule has 0 radical (unpaired) electrons. The summed E-state index contributed by atoms with van der Waals surface area (Å²) in [6.45, 7) is 10.8. The summed E-state index contributed by atoms with van der Waals surface area (Å²) in [6.07, 6.45) is -1.14. The molecule has 11 heteroatoms. The summed E-state index contributed by atoms with van der Waals surface area (Å²) >= 11 is 4.38. The number of aliphatic hydroxyl groups is 1. The number of hydrogen-bond acceptors (Lipinski definition) is 8. The third-order valence-electron chi connectivity index (χ3n) is 5.14. The zero-order valence-electron chi connectivity index (χ0n) is 18.6. The molecule has 176 valence electrons. The summed E-state index contributed by atoms with van der Waals surface area (Å²) in [5.41, 5.74) is 4.30. The average Bonchev–Trinajstić information content (AvgIpc) is 3.19. The molecule has 1 fully saturated rings. The molecule has 32 heavy (non-hydrogen) atoms. The maximum absolute atomic E-state index is 12.3. The van der Waals surface area contributed by atoms with Gasteiger partial charge in [-0.25, -0.2) is 4.79 Å². The molecule has 2 N–H and O–H groups in total. The van der Waals surface area contributed by atoms with Crippen molar-refractivity contribution in [3.05, 3.63) is 34.7 Å². The summed E-state index contributed by atoms with van der Waals surface area (Å²) < 4.78 is 11.4. The molecular formula is C21H29I2N5O4. The van der Waals surface area contributed by atoms with Crippen molar-refractivity contribution in [1.82, 2.24) is 20.0 Å². The Balaban J connectivity index is 1.68. The number of aliphatic hydroxyl groups excluding tert-OH is 1. The Labute approximate surface area is 215 Å². The van der Waals surface area contributed by atoms with Crippen molar-refractivity contribution in [1.29, 1.82) is 0 Å². The lowest BCUT2D eigenvalue weighted by Gasteiger charge is -2.38. The number of carbonyl (C=O) groups excluding carboxylic acids is 1. The van der Waals surface area contributed by atoms with Gasteiger partial charge in [-0.15, -0.1) is 5.10 Å². The number of halogens is 2. The van der Waals surface area contributed by atoms with E-state index in [2.05, 4.69) is 78.6 Å². The van der Waals surface area contributed by atoms with Crippen LogP contribution in [0.1, 0.15) is 42.5 Å².